The minimum Gasteiger partial charge on any atom is -0.489 e. The molecule has 1 aliphatic rings. The summed E-state index contributed by atoms with van der Waals surface area (Å²) in [6.45, 7) is 10.8. The molecule has 0 unspecified atom stereocenters. The molecule has 258 valence electrons. The third-order valence-electron chi connectivity index (χ3n) is 7.81. The van der Waals surface area contributed by atoms with Crippen LogP contribution in [0.5, 0.6) is 11.5 Å². The molecule has 0 saturated carbocycles. The van der Waals surface area contributed by atoms with Crippen molar-refractivity contribution in [3.8, 4) is 17.6 Å². The highest BCUT2D eigenvalue weighted by Crippen LogP contribution is 2.39. The molecule has 0 bridgehead atoms. The van der Waals surface area contributed by atoms with Crippen LogP contribution in [0.4, 0.5) is 10.7 Å². The van der Waals surface area contributed by atoms with E-state index < -0.39 is 21.0 Å². The number of ether oxygens (including phenoxy) is 3. The van der Waals surface area contributed by atoms with Gasteiger partial charge in [-0.15, -0.1) is 11.6 Å². The summed E-state index contributed by atoms with van der Waals surface area (Å²) >= 11 is 12.2. The van der Waals surface area contributed by atoms with Crippen molar-refractivity contribution in [2.24, 2.45) is 0 Å². The molecular weight excluding hydrogens is 677 g/mol. The van der Waals surface area contributed by atoms with Gasteiger partial charge in [-0.2, -0.15) is 5.26 Å². The second kappa shape index (κ2) is 15.2. The van der Waals surface area contributed by atoms with Crippen LogP contribution in [0, 0.1) is 11.3 Å². The molecule has 1 N–H and O–H groups in total. The molecule has 1 aliphatic heterocycles. The van der Waals surface area contributed by atoms with Crippen LogP contribution in [-0.2, 0) is 26.8 Å². The number of anilines is 1. The number of nitrogens with zero attached hydrogens (tertiary/aromatic N) is 4. The van der Waals surface area contributed by atoms with Crippen molar-refractivity contribution in [3.63, 3.8) is 0 Å². The Hall–Kier alpha value is -3.79. The van der Waals surface area contributed by atoms with Crippen molar-refractivity contribution in [2.45, 2.75) is 71.0 Å². The molecular formula is C34H41Cl2N5O6S. The van der Waals surface area contributed by atoms with Gasteiger partial charge < -0.3 is 19.1 Å². The van der Waals surface area contributed by atoms with Crippen molar-refractivity contribution in [1.29, 1.82) is 5.26 Å². The Morgan fingerprint density at radius 1 is 1.04 bits per heavy atom. The number of carbonyl (C=O) groups is 1. The molecule has 11 nitrogen and oxygen atoms in total. The number of benzene rings is 2. The number of rotatable bonds is 11. The van der Waals surface area contributed by atoms with Gasteiger partial charge in [-0.25, -0.2) is 23.2 Å². The maximum Gasteiger partial charge on any atom is 0.410 e. The lowest BCUT2D eigenvalue weighted by atomic mass is 9.77. The summed E-state index contributed by atoms with van der Waals surface area (Å²) in [7, 11) is -3.63. The first-order chi connectivity index (χ1) is 22.5. The Balaban J connectivity index is 1.49. The predicted octanol–water partition coefficient (Wildman–Crippen LogP) is 7.01. The van der Waals surface area contributed by atoms with Crippen LogP contribution in [-0.4, -0.2) is 66.8 Å². The van der Waals surface area contributed by atoms with Gasteiger partial charge in [0.05, 0.1) is 28.4 Å². The normalized spacial score (nSPS) is 14.3. The fourth-order valence-electron chi connectivity index (χ4n) is 5.31. The van der Waals surface area contributed by atoms with Gasteiger partial charge in [0.1, 0.15) is 30.6 Å². The number of likely N-dealkylation sites (tertiary alicyclic amines) is 1. The smallest absolute Gasteiger partial charge is 0.410 e. The zero-order valence-electron chi connectivity index (χ0n) is 28.0. The van der Waals surface area contributed by atoms with Crippen LogP contribution < -0.4 is 14.2 Å². The van der Waals surface area contributed by atoms with Crippen LogP contribution in [0.25, 0.3) is 0 Å². The Morgan fingerprint density at radius 2 is 1.71 bits per heavy atom. The van der Waals surface area contributed by atoms with E-state index in [4.69, 9.17) is 37.4 Å². The minimum atomic E-state index is -3.63. The van der Waals surface area contributed by atoms with Gasteiger partial charge in [0.15, 0.2) is 5.75 Å². The van der Waals surface area contributed by atoms with Crippen molar-refractivity contribution >= 4 is 45.3 Å². The first-order valence-corrected chi connectivity index (χ1v) is 18.3. The number of halogens is 2. The number of hydrogen-bond donors (Lipinski definition) is 1. The maximum atomic E-state index is 12.5. The summed E-state index contributed by atoms with van der Waals surface area (Å²) in [4.78, 5) is 23.1. The van der Waals surface area contributed by atoms with E-state index >= 15 is 0 Å². The SMILES string of the molecule is CC(C)(C)OC(=O)N1CCC(c2cc(COc3ccc(C(C)(C)c4cc(Cl)c(OCCCl)c(C#N)c4)cc3)nc(NS(C)(=O)=O)n2)CC1. The summed E-state index contributed by atoms with van der Waals surface area (Å²) in [6.07, 6.45) is 1.96. The lowest BCUT2D eigenvalue weighted by Gasteiger charge is -2.33. The summed E-state index contributed by atoms with van der Waals surface area (Å²) in [6, 6.07) is 15.1. The Labute approximate surface area is 292 Å². The van der Waals surface area contributed by atoms with Crippen molar-refractivity contribution in [1.82, 2.24) is 14.9 Å². The van der Waals surface area contributed by atoms with Crippen LogP contribution in [0.15, 0.2) is 42.5 Å². The van der Waals surface area contributed by atoms with E-state index in [0.717, 1.165) is 17.4 Å². The van der Waals surface area contributed by atoms with Gasteiger partial charge in [0, 0.05) is 30.1 Å². The monoisotopic (exact) mass is 717 g/mol. The fourth-order valence-corrected chi connectivity index (χ4v) is 6.09. The molecule has 1 fully saturated rings. The predicted molar refractivity (Wildman–Crippen MR) is 186 cm³/mol. The second-order valence-corrected chi connectivity index (χ2v) is 15.7. The average Bonchev–Trinajstić information content (AvgIpc) is 3.01. The highest BCUT2D eigenvalue weighted by Gasteiger charge is 2.29. The average molecular weight is 719 g/mol. The largest absolute Gasteiger partial charge is 0.489 e. The molecule has 1 saturated heterocycles. The van der Waals surface area contributed by atoms with Gasteiger partial charge in [0.25, 0.3) is 0 Å². The number of alkyl halides is 1. The number of piperidine rings is 1. The summed E-state index contributed by atoms with van der Waals surface area (Å²) < 4.78 is 43.6. The summed E-state index contributed by atoms with van der Waals surface area (Å²) in [5, 5.41) is 10.1. The Kier molecular flexibility index (Phi) is 11.7. The number of nitriles is 1. The van der Waals surface area contributed by atoms with Crippen LogP contribution >= 0.6 is 23.2 Å². The quantitative estimate of drug-likeness (QED) is 0.207. The summed E-state index contributed by atoms with van der Waals surface area (Å²) in [5.41, 5.74) is 2.22. The van der Waals surface area contributed by atoms with E-state index in [1.165, 1.54) is 0 Å². The lowest BCUT2D eigenvalue weighted by molar-refractivity contribution is 0.0204. The molecule has 14 heteroatoms. The third kappa shape index (κ3) is 9.87. The Bertz CT molecular complexity index is 1760. The van der Waals surface area contributed by atoms with Gasteiger partial charge in [0.2, 0.25) is 16.0 Å². The van der Waals surface area contributed by atoms with E-state index in [1.807, 2.05) is 65.0 Å². The van der Waals surface area contributed by atoms with Crippen LogP contribution in [0.1, 0.15) is 81.5 Å². The summed E-state index contributed by atoms with van der Waals surface area (Å²) in [5.74, 6) is 1.13. The first-order valence-electron chi connectivity index (χ1n) is 15.5. The number of carbonyl (C=O) groups excluding carboxylic acids is 1. The first kappa shape index (κ1) is 37.0. The van der Waals surface area contributed by atoms with E-state index in [0.29, 0.717) is 59.4 Å². The van der Waals surface area contributed by atoms with Gasteiger partial charge in [-0.3, -0.25) is 4.72 Å². The highest BCUT2D eigenvalue weighted by atomic mass is 35.5. The standard InChI is InChI=1S/C34H41Cl2N5O6S/c1-33(2,3)47-32(42)41-14-11-22(12-15-41)29-19-26(38-31(39-29)40-48(6,43)44)21-46-27-9-7-24(8-10-27)34(4,5)25-17-23(20-37)30(28(36)18-25)45-16-13-35/h7-10,17-19,22H,11-16,21H2,1-6H3,(H,38,39,40). The minimum absolute atomic E-state index is 0.0110. The molecule has 1 aromatic heterocycles. The van der Waals surface area contributed by atoms with Crippen molar-refractivity contribution in [3.05, 3.63) is 75.6 Å². The number of aromatic nitrogens is 2. The molecule has 0 atom stereocenters. The zero-order chi connectivity index (χ0) is 35.3. The van der Waals surface area contributed by atoms with E-state index in [1.54, 1.807) is 17.0 Å². The van der Waals surface area contributed by atoms with Crippen LogP contribution in [0.3, 0.4) is 0 Å². The van der Waals surface area contributed by atoms with Gasteiger partial charge >= 0.3 is 6.09 Å². The maximum absolute atomic E-state index is 12.5. The molecule has 2 aromatic carbocycles. The molecule has 0 aliphatic carbocycles. The Morgan fingerprint density at radius 3 is 2.29 bits per heavy atom. The van der Waals surface area contributed by atoms with Crippen molar-refractivity contribution < 1.29 is 27.4 Å². The van der Waals surface area contributed by atoms with Gasteiger partial charge in [-0.1, -0.05) is 37.6 Å². The number of amides is 1. The number of sulfonamides is 1. The van der Waals surface area contributed by atoms with E-state index in [2.05, 4.69) is 20.8 Å². The third-order valence-corrected chi connectivity index (χ3v) is 8.80. The molecule has 0 radical (unpaired) electrons. The second-order valence-electron chi connectivity index (χ2n) is 13.1. The van der Waals surface area contributed by atoms with Gasteiger partial charge in [-0.05, 0) is 75.1 Å². The zero-order valence-corrected chi connectivity index (χ0v) is 30.3. The van der Waals surface area contributed by atoms with Crippen molar-refractivity contribution in [2.75, 3.05) is 36.6 Å². The molecule has 3 aromatic rings. The van der Waals surface area contributed by atoms with Crippen LogP contribution in [0.2, 0.25) is 5.02 Å². The molecule has 4 rings (SSSR count). The molecule has 1 amide bonds. The lowest BCUT2D eigenvalue weighted by Crippen LogP contribution is -2.41. The fraction of sp³-hybridized carbons (Fsp3) is 0.471. The van der Waals surface area contributed by atoms with E-state index in [9.17, 15) is 18.5 Å². The van der Waals surface area contributed by atoms with E-state index in [-0.39, 0.29) is 37.1 Å². The number of nitrogens with one attached hydrogen (secondary N) is 1. The topological polar surface area (TPSA) is 144 Å². The highest BCUT2D eigenvalue weighted by molar-refractivity contribution is 7.91. The molecule has 0 spiro atoms. The molecule has 48 heavy (non-hydrogen) atoms. The molecule has 2 heterocycles. The number of hydrogen-bond acceptors (Lipinski definition) is 9.